The summed E-state index contributed by atoms with van der Waals surface area (Å²) in [6, 6.07) is 8.97. The van der Waals surface area contributed by atoms with Crippen molar-refractivity contribution in [1.29, 1.82) is 0 Å². The van der Waals surface area contributed by atoms with E-state index in [2.05, 4.69) is 0 Å². The van der Waals surface area contributed by atoms with E-state index in [1.165, 1.54) is 0 Å². The maximum absolute atomic E-state index is 12.6. The number of carbonyl (C=O) groups is 1. The van der Waals surface area contributed by atoms with E-state index < -0.39 is 24.0 Å². The normalized spacial score (nSPS) is 16.8. The minimum Gasteiger partial charge on any atom is -0.332 e. The van der Waals surface area contributed by atoms with Gasteiger partial charge in [-0.05, 0) is 18.4 Å². The van der Waals surface area contributed by atoms with Crippen molar-refractivity contribution in [3.63, 3.8) is 0 Å². The topological polar surface area (TPSA) is 20.3 Å². The quantitative estimate of drug-likeness (QED) is 0.764. The summed E-state index contributed by atoms with van der Waals surface area (Å²) in [5.41, 5.74) is 0.00483. The Labute approximate surface area is 120 Å². The Kier molecular flexibility index (Phi) is 4.28. The molecule has 1 aliphatic rings. The van der Waals surface area contributed by atoms with Crippen LogP contribution in [-0.2, 0) is 10.2 Å². The predicted molar refractivity (Wildman–Crippen MR) is 70.7 cm³/mol. The number of amides is 1. The Morgan fingerprint density at radius 1 is 1.25 bits per heavy atom. The number of hydrogen-bond acceptors (Lipinski definition) is 1. The second-order valence-electron chi connectivity index (χ2n) is 4.98. The van der Waals surface area contributed by atoms with E-state index in [-0.39, 0.29) is 12.4 Å². The second-order valence-corrected chi connectivity index (χ2v) is 5.36. The smallest absolute Gasteiger partial charge is 0.332 e. The van der Waals surface area contributed by atoms with Crippen LogP contribution in [0.15, 0.2) is 30.3 Å². The highest BCUT2D eigenvalue weighted by Crippen LogP contribution is 2.49. The van der Waals surface area contributed by atoms with E-state index in [0.717, 1.165) is 10.5 Å². The molecule has 0 aliphatic heterocycles. The largest absolute Gasteiger partial charge is 0.406 e. The number of nitrogens with zero attached hydrogens (tertiary/aromatic N) is 1. The molecule has 0 aromatic heterocycles. The molecule has 0 spiro atoms. The summed E-state index contributed by atoms with van der Waals surface area (Å²) in [6.07, 6.45) is -3.23. The van der Waals surface area contributed by atoms with Gasteiger partial charge in [0.25, 0.3) is 0 Å². The van der Waals surface area contributed by atoms with Gasteiger partial charge in [-0.2, -0.15) is 13.2 Å². The van der Waals surface area contributed by atoms with Gasteiger partial charge in [0.15, 0.2) is 0 Å². The highest BCUT2D eigenvalue weighted by atomic mass is 35.5. The number of benzene rings is 1. The van der Waals surface area contributed by atoms with Crippen molar-refractivity contribution in [3.8, 4) is 0 Å². The van der Waals surface area contributed by atoms with Crippen LogP contribution in [0.2, 0.25) is 0 Å². The molecule has 0 saturated heterocycles. The van der Waals surface area contributed by atoms with Gasteiger partial charge in [-0.3, -0.25) is 4.79 Å². The molecule has 0 N–H and O–H groups in total. The predicted octanol–water partition coefficient (Wildman–Crippen LogP) is 3.35. The minimum absolute atomic E-state index is 0.00725. The summed E-state index contributed by atoms with van der Waals surface area (Å²) in [7, 11) is 0. The van der Waals surface area contributed by atoms with Crippen LogP contribution in [0.4, 0.5) is 13.2 Å². The van der Waals surface area contributed by atoms with Gasteiger partial charge in [0.1, 0.15) is 6.54 Å². The zero-order valence-corrected chi connectivity index (χ0v) is 11.5. The number of halogens is 4. The van der Waals surface area contributed by atoms with Crippen molar-refractivity contribution in [2.24, 2.45) is 0 Å². The van der Waals surface area contributed by atoms with Crippen LogP contribution < -0.4 is 0 Å². The third kappa shape index (κ3) is 3.26. The summed E-state index contributed by atoms with van der Waals surface area (Å²) in [4.78, 5) is 13.3. The summed E-state index contributed by atoms with van der Waals surface area (Å²) in [6.45, 7) is -1.33. The maximum Gasteiger partial charge on any atom is 0.406 e. The third-order valence-corrected chi connectivity index (χ3v) is 3.67. The zero-order valence-electron chi connectivity index (χ0n) is 10.8. The number of rotatable bonds is 5. The van der Waals surface area contributed by atoms with E-state index >= 15 is 0 Å². The Balaban J connectivity index is 2.19. The standard InChI is InChI=1S/C14H15ClF3NO/c15-8-9-19(10-14(16,17)18)12(20)13(6-7-13)11-4-2-1-3-5-11/h1-5H,6-10H2. The van der Waals surface area contributed by atoms with Crippen LogP contribution in [0.5, 0.6) is 0 Å². The number of alkyl halides is 4. The summed E-state index contributed by atoms with van der Waals surface area (Å²) in [5.74, 6) is -0.478. The van der Waals surface area contributed by atoms with Crippen molar-refractivity contribution in [3.05, 3.63) is 35.9 Å². The van der Waals surface area contributed by atoms with E-state index in [0.29, 0.717) is 12.8 Å². The minimum atomic E-state index is -4.41. The molecule has 0 unspecified atom stereocenters. The van der Waals surface area contributed by atoms with Crippen LogP contribution in [-0.4, -0.2) is 36.0 Å². The molecule has 0 atom stereocenters. The van der Waals surface area contributed by atoms with Crippen molar-refractivity contribution >= 4 is 17.5 Å². The van der Waals surface area contributed by atoms with E-state index in [9.17, 15) is 18.0 Å². The molecule has 6 heteroatoms. The lowest BCUT2D eigenvalue weighted by molar-refractivity contribution is -0.162. The summed E-state index contributed by atoms with van der Waals surface area (Å²) >= 11 is 5.52. The average Bonchev–Trinajstić information content (AvgIpc) is 3.18. The van der Waals surface area contributed by atoms with Crippen LogP contribution in [0.1, 0.15) is 18.4 Å². The van der Waals surface area contributed by atoms with Gasteiger partial charge < -0.3 is 4.90 Å². The highest BCUT2D eigenvalue weighted by Gasteiger charge is 2.53. The van der Waals surface area contributed by atoms with Gasteiger partial charge in [0.05, 0.1) is 5.41 Å². The first kappa shape index (κ1) is 15.2. The van der Waals surface area contributed by atoms with Gasteiger partial charge in [0, 0.05) is 12.4 Å². The molecule has 0 bridgehead atoms. The first-order valence-electron chi connectivity index (χ1n) is 6.37. The van der Waals surface area contributed by atoms with Gasteiger partial charge in [-0.15, -0.1) is 11.6 Å². The number of carbonyl (C=O) groups excluding carboxylic acids is 1. The molecule has 110 valence electrons. The molecule has 1 fully saturated rings. The first-order valence-corrected chi connectivity index (χ1v) is 6.90. The molecule has 0 radical (unpaired) electrons. The van der Waals surface area contributed by atoms with Crippen molar-refractivity contribution in [2.75, 3.05) is 19.0 Å². The van der Waals surface area contributed by atoms with Crippen LogP contribution in [0, 0.1) is 0 Å². The van der Waals surface area contributed by atoms with Crippen LogP contribution in [0.25, 0.3) is 0 Å². The fourth-order valence-corrected chi connectivity index (χ4v) is 2.59. The Morgan fingerprint density at radius 3 is 2.30 bits per heavy atom. The monoisotopic (exact) mass is 305 g/mol. The van der Waals surface area contributed by atoms with Crippen LogP contribution >= 0.6 is 11.6 Å². The summed E-state index contributed by atoms with van der Waals surface area (Å²) in [5, 5.41) is 0. The SMILES string of the molecule is O=C(N(CCCl)CC(F)(F)F)C1(c2ccccc2)CC1. The molecule has 20 heavy (non-hydrogen) atoms. The molecule has 1 aromatic rings. The first-order chi connectivity index (χ1) is 9.39. The second kappa shape index (κ2) is 5.64. The maximum atomic E-state index is 12.6. The van der Waals surface area contributed by atoms with Gasteiger partial charge in [-0.25, -0.2) is 0 Å². The van der Waals surface area contributed by atoms with Crippen molar-refractivity contribution in [1.82, 2.24) is 4.90 Å². The van der Waals surface area contributed by atoms with E-state index in [1.54, 1.807) is 24.3 Å². The van der Waals surface area contributed by atoms with Crippen LogP contribution in [0.3, 0.4) is 0 Å². The van der Waals surface area contributed by atoms with E-state index in [4.69, 9.17) is 11.6 Å². The molecule has 2 nitrogen and oxygen atoms in total. The molecular formula is C14H15ClF3NO. The summed E-state index contributed by atoms with van der Waals surface area (Å²) < 4.78 is 37.7. The fourth-order valence-electron chi connectivity index (χ4n) is 2.38. The molecule has 0 heterocycles. The highest BCUT2D eigenvalue weighted by molar-refractivity contribution is 6.18. The van der Waals surface area contributed by atoms with Crippen molar-refractivity contribution in [2.45, 2.75) is 24.4 Å². The fraction of sp³-hybridized carbons (Fsp3) is 0.500. The van der Waals surface area contributed by atoms with Crippen molar-refractivity contribution < 1.29 is 18.0 Å². The van der Waals surface area contributed by atoms with Gasteiger partial charge in [0.2, 0.25) is 5.91 Å². The molecule has 1 saturated carbocycles. The lowest BCUT2D eigenvalue weighted by atomic mass is 9.94. The Morgan fingerprint density at radius 2 is 1.85 bits per heavy atom. The Hall–Kier alpha value is -1.23. The lowest BCUT2D eigenvalue weighted by Gasteiger charge is -2.28. The van der Waals surface area contributed by atoms with E-state index in [1.807, 2.05) is 6.07 Å². The molecule has 1 aliphatic carbocycles. The third-order valence-electron chi connectivity index (χ3n) is 3.50. The number of hydrogen-bond donors (Lipinski definition) is 0. The van der Waals surface area contributed by atoms with Gasteiger partial charge in [-0.1, -0.05) is 30.3 Å². The molecule has 1 aromatic carbocycles. The average molecular weight is 306 g/mol. The lowest BCUT2D eigenvalue weighted by Crippen LogP contribution is -2.45. The zero-order chi connectivity index (χ0) is 14.8. The molecular weight excluding hydrogens is 291 g/mol. The van der Waals surface area contributed by atoms with Gasteiger partial charge >= 0.3 is 6.18 Å². The Bertz CT molecular complexity index is 471. The molecule has 1 amide bonds. The molecule has 2 rings (SSSR count).